The van der Waals surface area contributed by atoms with Crippen molar-refractivity contribution in [1.82, 2.24) is 9.97 Å². The normalized spacial score (nSPS) is 10.9. The molecular formula is C27H22N4O. The molecule has 5 rings (SSSR count). The van der Waals surface area contributed by atoms with Crippen LogP contribution < -0.4 is 10.6 Å². The Hall–Kier alpha value is -4.38. The number of nitrogens with one attached hydrogen (secondary N) is 1. The summed E-state index contributed by atoms with van der Waals surface area (Å²) in [7, 11) is 0. The number of nitrogen functional groups attached to an aromatic ring is 1. The third kappa shape index (κ3) is 3.96. The predicted molar refractivity (Wildman–Crippen MR) is 129 cm³/mol. The Morgan fingerprint density at radius 2 is 1.66 bits per heavy atom. The number of benzene rings is 3. The Kier molecular flexibility index (Phi) is 5.14. The molecule has 1 amide bonds. The number of rotatable bonds is 5. The van der Waals surface area contributed by atoms with Gasteiger partial charge in [-0.15, -0.1) is 0 Å². The van der Waals surface area contributed by atoms with E-state index < -0.39 is 0 Å². The molecule has 0 aliphatic rings. The van der Waals surface area contributed by atoms with Crippen LogP contribution in [-0.4, -0.2) is 15.9 Å². The van der Waals surface area contributed by atoms with Crippen molar-refractivity contribution in [3.63, 3.8) is 0 Å². The van der Waals surface area contributed by atoms with Crippen molar-refractivity contribution in [2.75, 3.05) is 10.6 Å². The number of nitrogens with zero attached hydrogens (tertiary/aromatic N) is 2. The Balaban J connectivity index is 1.47. The second-order valence-corrected chi connectivity index (χ2v) is 7.69. The van der Waals surface area contributed by atoms with Crippen LogP contribution in [0.5, 0.6) is 0 Å². The van der Waals surface area contributed by atoms with Crippen LogP contribution in [0.3, 0.4) is 0 Å². The zero-order valence-electron chi connectivity index (χ0n) is 17.4. The number of nitrogens with two attached hydrogens (primary N) is 1. The Morgan fingerprint density at radius 3 is 2.38 bits per heavy atom. The Bertz CT molecular complexity index is 1320. The summed E-state index contributed by atoms with van der Waals surface area (Å²) in [5.74, 6) is -0.0951. The predicted octanol–water partition coefficient (Wildman–Crippen LogP) is 5.66. The van der Waals surface area contributed by atoms with Gasteiger partial charge in [-0.1, -0.05) is 48.5 Å². The number of anilines is 2. The number of fused-ring (bicyclic) bond motifs is 1. The molecule has 5 nitrogen and oxygen atoms in total. The summed E-state index contributed by atoms with van der Waals surface area (Å²) >= 11 is 0. The fraction of sp³-hybridized carbons (Fsp3) is 0.0370. The molecule has 2 heterocycles. The number of amides is 1. The fourth-order valence-corrected chi connectivity index (χ4v) is 3.79. The van der Waals surface area contributed by atoms with E-state index in [1.54, 1.807) is 11.1 Å². The lowest BCUT2D eigenvalue weighted by molar-refractivity contribution is 0.0981. The maximum absolute atomic E-state index is 13.5. The number of H-pyrrole nitrogens is 1. The van der Waals surface area contributed by atoms with Crippen molar-refractivity contribution in [3.8, 4) is 11.1 Å². The number of para-hydroxylation sites is 1. The lowest BCUT2D eigenvalue weighted by atomic mass is 10.1. The zero-order chi connectivity index (χ0) is 21.9. The molecule has 0 radical (unpaired) electrons. The van der Waals surface area contributed by atoms with Crippen LogP contribution >= 0.6 is 0 Å². The molecule has 3 N–H and O–H groups in total. The lowest BCUT2D eigenvalue weighted by Gasteiger charge is -2.23. The van der Waals surface area contributed by atoms with E-state index in [1.807, 2.05) is 85.1 Å². The van der Waals surface area contributed by atoms with Crippen LogP contribution in [0.4, 0.5) is 11.4 Å². The van der Waals surface area contributed by atoms with Crippen LogP contribution in [-0.2, 0) is 6.54 Å². The molecule has 0 saturated heterocycles. The minimum Gasteiger partial charge on any atom is -0.399 e. The van der Waals surface area contributed by atoms with E-state index in [4.69, 9.17) is 5.73 Å². The number of hydrogen-bond donors (Lipinski definition) is 2. The molecule has 156 valence electrons. The quantitative estimate of drug-likeness (QED) is 0.362. The molecule has 5 aromatic rings. The molecule has 5 heteroatoms. The second-order valence-electron chi connectivity index (χ2n) is 7.69. The van der Waals surface area contributed by atoms with E-state index in [1.165, 1.54) is 0 Å². The summed E-state index contributed by atoms with van der Waals surface area (Å²) < 4.78 is 0. The highest BCUT2D eigenvalue weighted by molar-refractivity contribution is 6.07. The first kappa shape index (κ1) is 19.6. The molecule has 32 heavy (non-hydrogen) atoms. The third-order valence-electron chi connectivity index (χ3n) is 5.50. The SMILES string of the molecule is Nc1ccc(N(Cc2ccc(-c3cccnc3)cc2)C(=O)c2cc3ccccc3[nH]2)cc1. The van der Waals surface area contributed by atoms with Gasteiger partial charge in [-0.25, -0.2) is 0 Å². The topological polar surface area (TPSA) is 75.0 Å². The van der Waals surface area contributed by atoms with Gasteiger partial charge in [-0.3, -0.25) is 9.78 Å². The molecular weight excluding hydrogens is 396 g/mol. The van der Waals surface area contributed by atoms with Crippen LogP contribution in [0.15, 0.2) is 103 Å². The number of carbonyl (C=O) groups is 1. The van der Waals surface area contributed by atoms with Crippen molar-refractivity contribution in [3.05, 3.63) is 115 Å². The van der Waals surface area contributed by atoms with Crippen molar-refractivity contribution >= 4 is 28.2 Å². The summed E-state index contributed by atoms with van der Waals surface area (Å²) in [6.45, 7) is 0.436. The largest absolute Gasteiger partial charge is 0.399 e. The fourth-order valence-electron chi connectivity index (χ4n) is 3.79. The summed E-state index contributed by atoms with van der Waals surface area (Å²) in [6, 6.07) is 29.3. The van der Waals surface area contributed by atoms with Gasteiger partial charge >= 0.3 is 0 Å². The van der Waals surface area contributed by atoms with Gasteiger partial charge in [0.25, 0.3) is 5.91 Å². The van der Waals surface area contributed by atoms with E-state index in [0.29, 0.717) is 17.9 Å². The molecule has 0 fully saturated rings. The molecule has 0 aliphatic carbocycles. The minimum atomic E-state index is -0.0951. The summed E-state index contributed by atoms with van der Waals surface area (Å²) in [6.07, 6.45) is 3.60. The van der Waals surface area contributed by atoms with Gasteiger partial charge in [0.1, 0.15) is 5.69 Å². The van der Waals surface area contributed by atoms with Crippen LogP contribution in [0, 0.1) is 0 Å². The number of carbonyl (C=O) groups excluding carboxylic acids is 1. The zero-order valence-corrected chi connectivity index (χ0v) is 17.4. The first-order valence-electron chi connectivity index (χ1n) is 10.4. The second kappa shape index (κ2) is 8.40. The molecule has 0 spiro atoms. The highest BCUT2D eigenvalue weighted by Crippen LogP contribution is 2.25. The highest BCUT2D eigenvalue weighted by Gasteiger charge is 2.20. The average Bonchev–Trinajstić information content (AvgIpc) is 3.28. The number of pyridine rings is 1. The van der Waals surface area contributed by atoms with Gasteiger partial charge in [-0.2, -0.15) is 0 Å². The van der Waals surface area contributed by atoms with E-state index in [-0.39, 0.29) is 5.91 Å². The van der Waals surface area contributed by atoms with Crippen molar-refractivity contribution in [1.29, 1.82) is 0 Å². The number of hydrogen-bond acceptors (Lipinski definition) is 3. The molecule has 2 aromatic heterocycles. The molecule has 3 aromatic carbocycles. The minimum absolute atomic E-state index is 0.0951. The average molecular weight is 419 g/mol. The maximum Gasteiger partial charge on any atom is 0.275 e. The van der Waals surface area contributed by atoms with Crippen LogP contribution in [0.1, 0.15) is 16.1 Å². The number of aromatic amines is 1. The number of aromatic nitrogens is 2. The van der Waals surface area contributed by atoms with Crippen molar-refractivity contribution in [2.45, 2.75) is 6.54 Å². The van der Waals surface area contributed by atoms with Crippen molar-refractivity contribution in [2.24, 2.45) is 0 Å². The summed E-state index contributed by atoms with van der Waals surface area (Å²) in [4.78, 5) is 22.8. The smallest absolute Gasteiger partial charge is 0.275 e. The van der Waals surface area contributed by atoms with Gasteiger partial charge in [0.15, 0.2) is 0 Å². The van der Waals surface area contributed by atoms with E-state index in [9.17, 15) is 4.79 Å². The van der Waals surface area contributed by atoms with E-state index in [2.05, 4.69) is 22.1 Å². The first-order valence-corrected chi connectivity index (χ1v) is 10.4. The summed E-state index contributed by atoms with van der Waals surface area (Å²) in [5.41, 5.74) is 12.0. The summed E-state index contributed by atoms with van der Waals surface area (Å²) in [5, 5.41) is 1.01. The first-order chi connectivity index (χ1) is 15.7. The van der Waals surface area contributed by atoms with Crippen LogP contribution in [0.25, 0.3) is 22.0 Å². The van der Waals surface area contributed by atoms with Crippen molar-refractivity contribution < 1.29 is 4.79 Å². The lowest BCUT2D eigenvalue weighted by Crippen LogP contribution is -2.30. The molecule has 0 bridgehead atoms. The monoisotopic (exact) mass is 418 g/mol. The molecule has 0 aliphatic heterocycles. The Labute approximate surface area is 186 Å². The standard InChI is InChI=1S/C27H22N4O/c28-23-11-13-24(14-12-23)31(27(32)26-16-21-4-1-2-6-25(21)30-26)18-19-7-9-20(10-8-19)22-5-3-15-29-17-22/h1-17,30H,18,28H2. The highest BCUT2D eigenvalue weighted by atomic mass is 16.2. The maximum atomic E-state index is 13.5. The molecule has 0 unspecified atom stereocenters. The van der Waals surface area contributed by atoms with E-state index >= 15 is 0 Å². The third-order valence-corrected chi connectivity index (χ3v) is 5.50. The molecule has 0 atom stereocenters. The van der Waals surface area contributed by atoms with E-state index in [0.717, 1.165) is 33.3 Å². The van der Waals surface area contributed by atoms with Gasteiger partial charge in [0, 0.05) is 34.7 Å². The van der Waals surface area contributed by atoms with Gasteiger partial charge in [0.05, 0.1) is 6.54 Å². The Morgan fingerprint density at radius 1 is 0.875 bits per heavy atom. The van der Waals surface area contributed by atoms with Gasteiger partial charge in [-0.05, 0) is 59.2 Å². The van der Waals surface area contributed by atoms with Gasteiger partial charge < -0.3 is 15.6 Å². The van der Waals surface area contributed by atoms with Gasteiger partial charge in [0.2, 0.25) is 0 Å². The molecule has 0 saturated carbocycles. The van der Waals surface area contributed by atoms with Crippen LogP contribution in [0.2, 0.25) is 0 Å².